The topological polar surface area (TPSA) is 44.8 Å². The molecule has 1 fully saturated rings. The van der Waals surface area contributed by atoms with Gasteiger partial charge < -0.3 is 13.9 Å². The molecule has 1 saturated carbocycles. The van der Waals surface area contributed by atoms with Gasteiger partial charge in [0.25, 0.3) is 8.32 Å². The number of methoxy groups -OCH3 is 2. The lowest BCUT2D eigenvalue weighted by Crippen LogP contribution is -2.67. The quantitative estimate of drug-likeness (QED) is 0.198. The molecule has 4 nitrogen and oxygen atoms in total. The summed E-state index contributed by atoms with van der Waals surface area (Å²) in [4.78, 5) is 13.7. The van der Waals surface area contributed by atoms with Gasteiger partial charge in [-0.25, -0.2) is 0 Å². The second-order valence-corrected chi connectivity index (χ2v) is 17.4. The number of hydrogen-bond donors (Lipinski definition) is 0. The summed E-state index contributed by atoms with van der Waals surface area (Å²) in [5.74, 6) is 2.54. The van der Waals surface area contributed by atoms with Gasteiger partial charge in [-0.1, -0.05) is 101 Å². The van der Waals surface area contributed by atoms with Gasteiger partial charge in [-0.2, -0.15) is 0 Å². The number of carbonyl (C=O) groups is 1. The van der Waals surface area contributed by atoms with Crippen LogP contribution in [0.3, 0.4) is 0 Å². The lowest BCUT2D eigenvalue weighted by atomic mass is 9.59. The molecule has 0 saturated heterocycles. The second kappa shape index (κ2) is 12.6. The van der Waals surface area contributed by atoms with Crippen molar-refractivity contribution < 1.29 is 18.7 Å². The van der Waals surface area contributed by atoms with Gasteiger partial charge in [0.15, 0.2) is 0 Å². The summed E-state index contributed by atoms with van der Waals surface area (Å²) in [5, 5.41) is 2.45. The van der Waals surface area contributed by atoms with Crippen LogP contribution in [0.5, 0.6) is 11.5 Å². The fourth-order valence-corrected chi connectivity index (χ4v) is 12.3. The molecule has 0 aliphatic heterocycles. The highest BCUT2D eigenvalue weighted by molar-refractivity contribution is 6.99. The van der Waals surface area contributed by atoms with Gasteiger partial charge in [0.1, 0.15) is 17.3 Å². The van der Waals surface area contributed by atoms with Gasteiger partial charge in [-0.3, -0.25) is 4.79 Å². The summed E-state index contributed by atoms with van der Waals surface area (Å²) in [5.41, 5.74) is 1.13. The molecule has 0 spiro atoms. The van der Waals surface area contributed by atoms with Crippen LogP contribution in [0.2, 0.25) is 5.04 Å². The molecule has 0 heterocycles. The molecular weight excluding hydrogens is 536 g/mol. The van der Waals surface area contributed by atoms with Crippen LogP contribution in [0.1, 0.15) is 58.4 Å². The Hall–Kier alpha value is -3.15. The summed E-state index contributed by atoms with van der Waals surface area (Å²) >= 11 is 0. The van der Waals surface area contributed by atoms with E-state index in [2.05, 4.69) is 113 Å². The van der Waals surface area contributed by atoms with E-state index in [9.17, 15) is 4.79 Å². The minimum Gasteiger partial charge on any atom is -0.497 e. The fourth-order valence-electron chi connectivity index (χ4n) is 7.62. The first-order valence-corrected chi connectivity index (χ1v) is 17.3. The summed E-state index contributed by atoms with van der Waals surface area (Å²) in [6, 6.07) is 27.7. The molecule has 0 amide bonds. The molecule has 0 bridgehead atoms. The zero-order valence-electron chi connectivity index (χ0n) is 26.0. The number of carbonyl (C=O) groups excluding carboxylic acids is 1. The van der Waals surface area contributed by atoms with Gasteiger partial charge in [0.05, 0.1) is 14.2 Å². The highest BCUT2D eigenvalue weighted by Crippen LogP contribution is 2.49. The third-order valence-electron chi connectivity index (χ3n) is 9.58. The average molecular weight is 583 g/mol. The molecule has 222 valence electrons. The Labute approximate surface area is 253 Å². The van der Waals surface area contributed by atoms with E-state index < -0.39 is 8.32 Å². The fraction of sp³-hybridized carbons (Fsp3) is 0.432. The van der Waals surface area contributed by atoms with E-state index in [4.69, 9.17) is 13.9 Å². The number of hydrogen-bond acceptors (Lipinski definition) is 4. The Bertz CT molecular complexity index is 1320. The van der Waals surface area contributed by atoms with Crippen molar-refractivity contribution in [3.63, 3.8) is 0 Å². The molecule has 3 aromatic rings. The van der Waals surface area contributed by atoms with E-state index >= 15 is 0 Å². The van der Waals surface area contributed by atoms with E-state index in [0.717, 1.165) is 29.9 Å². The Balaban J connectivity index is 1.57. The van der Waals surface area contributed by atoms with Gasteiger partial charge >= 0.3 is 0 Å². The molecule has 5 heteroatoms. The van der Waals surface area contributed by atoms with Crippen LogP contribution in [-0.2, 0) is 9.22 Å². The summed E-state index contributed by atoms with van der Waals surface area (Å²) in [6.45, 7) is 9.84. The molecule has 5 atom stereocenters. The van der Waals surface area contributed by atoms with Crippen LogP contribution < -0.4 is 19.8 Å². The van der Waals surface area contributed by atoms with Crippen LogP contribution in [0.25, 0.3) is 0 Å². The van der Waals surface area contributed by atoms with Gasteiger partial charge in [0, 0.05) is 30.9 Å². The first-order chi connectivity index (χ1) is 20.2. The largest absolute Gasteiger partial charge is 0.497 e. The van der Waals surface area contributed by atoms with Crippen molar-refractivity contribution in [3.8, 4) is 11.5 Å². The summed E-state index contributed by atoms with van der Waals surface area (Å²) in [7, 11) is 0.667. The van der Waals surface area contributed by atoms with Crippen LogP contribution in [-0.4, -0.2) is 34.9 Å². The first kappa shape index (κ1) is 30.3. The predicted molar refractivity (Wildman–Crippen MR) is 173 cm³/mol. The van der Waals surface area contributed by atoms with Crippen molar-refractivity contribution in [3.05, 3.63) is 96.6 Å². The monoisotopic (exact) mass is 582 g/mol. The maximum absolute atomic E-state index is 13.7. The lowest BCUT2D eigenvalue weighted by molar-refractivity contribution is -0.129. The molecule has 0 radical (unpaired) electrons. The maximum atomic E-state index is 13.7. The van der Waals surface area contributed by atoms with Crippen LogP contribution in [0.15, 0.2) is 91.0 Å². The smallest absolute Gasteiger partial charge is 0.261 e. The van der Waals surface area contributed by atoms with E-state index in [0.29, 0.717) is 18.8 Å². The molecule has 42 heavy (non-hydrogen) atoms. The maximum Gasteiger partial charge on any atom is 0.261 e. The van der Waals surface area contributed by atoms with Crippen LogP contribution >= 0.6 is 0 Å². The third-order valence-corrected chi connectivity index (χ3v) is 14.6. The number of ketones is 1. The molecule has 3 aromatic carbocycles. The zero-order valence-corrected chi connectivity index (χ0v) is 27.0. The summed E-state index contributed by atoms with van der Waals surface area (Å²) in [6.07, 6.45) is 7.37. The average Bonchev–Trinajstić information content (AvgIpc) is 3.01. The molecule has 0 N–H and O–H groups in total. The molecule has 2 aliphatic carbocycles. The number of rotatable bonds is 9. The second-order valence-electron chi connectivity index (χ2n) is 13.1. The summed E-state index contributed by atoms with van der Waals surface area (Å²) < 4.78 is 18.7. The highest BCUT2D eigenvalue weighted by atomic mass is 28.4. The van der Waals surface area contributed by atoms with Crippen molar-refractivity contribution >= 4 is 24.5 Å². The number of ether oxygens (including phenoxy) is 2. The van der Waals surface area contributed by atoms with Crippen molar-refractivity contribution in [1.82, 2.24) is 0 Å². The van der Waals surface area contributed by atoms with E-state index in [-0.39, 0.29) is 34.6 Å². The van der Waals surface area contributed by atoms with Crippen LogP contribution in [0.4, 0.5) is 0 Å². The van der Waals surface area contributed by atoms with E-state index in [1.807, 2.05) is 6.07 Å². The lowest BCUT2D eigenvalue weighted by Gasteiger charge is -2.47. The number of benzene rings is 3. The van der Waals surface area contributed by atoms with Crippen molar-refractivity contribution in [2.45, 2.75) is 57.9 Å². The Morgan fingerprint density at radius 1 is 0.857 bits per heavy atom. The predicted octanol–water partition coefficient (Wildman–Crippen LogP) is 7.17. The number of Topliss-reactive ketones (excluding diaryl/α,β-unsaturated/α-hetero) is 1. The Morgan fingerprint density at radius 3 is 1.95 bits per heavy atom. The highest BCUT2D eigenvalue weighted by Gasteiger charge is 2.51. The van der Waals surface area contributed by atoms with Crippen LogP contribution in [0, 0.1) is 23.7 Å². The van der Waals surface area contributed by atoms with E-state index in [1.165, 1.54) is 10.4 Å². The molecular formula is C37H46O4Si. The van der Waals surface area contributed by atoms with Crippen molar-refractivity contribution in [2.24, 2.45) is 23.7 Å². The molecule has 5 rings (SSSR count). The van der Waals surface area contributed by atoms with Crippen molar-refractivity contribution in [2.75, 3.05) is 20.8 Å². The third kappa shape index (κ3) is 5.74. The minimum atomic E-state index is -2.71. The SMILES string of the molecule is COc1cc(OC)cc([C@H]2C=C[C@H]3CCCC(=O)[C@H]3[C@@H]2[C@@H](C)CO[Si](c2ccccc2)(c2ccccc2)C(C)(C)C)c1. The Morgan fingerprint density at radius 2 is 1.43 bits per heavy atom. The molecule has 0 unspecified atom stereocenters. The first-order valence-electron chi connectivity index (χ1n) is 15.4. The van der Waals surface area contributed by atoms with E-state index in [1.54, 1.807) is 14.2 Å². The van der Waals surface area contributed by atoms with Crippen molar-refractivity contribution in [1.29, 1.82) is 0 Å². The standard InChI is InChI=1S/C37H46O4Si/c1-26(25-41-42(37(2,3)4,31-15-9-7-10-16-31)32-17-11-8-12-18-32)35-33(21-20-27-14-13-19-34(38)36(27)35)28-22-29(39-5)24-30(23-28)40-6/h7-12,15-18,20-24,26-27,33,35-36H,13-14,19,25H2,1-6H3/t26-,27+,33+,35+,36-/m0/s1. The molecule has 0 aromatic heterocycles. The molecule has 2 aliphatic rings. The van der Waals surface area contributed by atoms with Gasteiger partial charge in [-0.15, -0.1) is 0 Å². The van der Waals surface area contributed by atoms with Gasteiger partial charge in [-0.05, 0) is 63.7 Å². The minimum absolute atomic E-state index is 0.0105. The number of fused-ring (bicyclic) bond motifs is 1. The number of allylic oxidation sites excluding steroid dienone is 2. The normalized spacial score (nSPS) is 23.2. The Kier molecular flexibility index (Phi) is 9.10. The van der Waals surface area contributed by atoms with Gasteiger partial charge in [0.2, 0.25) is 0 Å². The zero-order chi connectivity index (χ0) is 29.9.